The van der Waals surface area contributed by atoms with E-state index >= 15 is 0 Å². The van der Waals surface area contributed by atoms with E-state index in [2.05, 4.69) is 15.5 Å². The molecule has 1 fully saturated rings. The van der Waals surface area contributed by atoms with Crippen LogP contribution in [0.15, 0.2) is 12.3 Å². The van der Waals surface area contributed by atoms with Gasteiger partial charge in [0, 0.05) is 19.3 Å². The topological polar surface area (TPSA) is 49.9 Å². The van der Waals surface area contributed by atoms with Crippen LogP contribution in [0.4, 0.5) is 0 Å². The summed E-state index contributed by atoms with van der Waals surface area (Å²) >= 11 is 0. The van der Waals surface area contributed by atoms with E-state index in [1.807, 2.05) is 6.07 Å². The lowest BCUT2D eigenvalue weighted by atomic mass is 10.2. The smallest absolute Gasteiger partial charge is 0.111 e. The Morgan fingerprint density at radius 2 is 2.64 bits per heavy atom. The van der Waals surface area contributed by atoms with Crippen molar-refractivity contribution in [2.45, 2.75) is 6.10 Å². The van der Waals surface area contributed by atoms with Gasteiger partial charge in [0.15, 0.2) is 0 Å². The van der Waals surface area contributed by atoms with Crippen LogP contribution in [-0.4, -0.2) is 29.9 Å². The van der Waals surface area contributed by atoms with Crippen molar-refractivity contribution in [1.82, 2.24) is 15.5 Å². The Bertz CT molecular complexity index is 203. The summed E-state index contributed by atoms with van der Waals surface area (Å²) < 4.78 is 5.49. The van der Waals surface area contributed by atoms with E-state index in [0.29, 0.717) is 0 Å². The highest BCUT2D eigenvalue weighted by molar-refractivity contribution is 5.03. The molecule has 60 valence electrons. The third-order valence-corrected chi connectivity index (χ3v) is 1.80. The van der Waals surface area contributed by atoms with Crippen LogP contribution in [0.3, 0.4) is 0 Å². The largest absolute Gasteiger partial charge is 0.369 e. The molecule has 1 atom stereocenters. The van der Waals surface area contributed by atoms with Crippen molar-refractivity contribution < 1.29 is 4.74 Å². The maximum Gasteiger partial charge on any atom is 0.111 e. The van der Waals surface area contributed by atoms with Crippen LogP contribution >= 0.6 is 0 Å². The quantitative estimate of drug-likeness (QED) is 0.600. The third kappa shape index (κ3) is 1.41. The number of nitrogens with zero attached hydrogens (tertiary/aromatic N) is 1. The van der Waals surface area contributed by atoms with Crippen molar-refractivity contribution in [3.05, 3.63) is 18.0 Å². The minimum atomic E-state index is 0.159. The maximum absolute atomic E-state index is 5.49. The molecular formula is C7H11N3O. The maximum atomic E-state index is 5.49. The van der Waals surface area contributed by atoms with E-state index in [-0.39, 0.29) is 6.10 Å². The highest BCUT2D eigenvalue weighted by Gasteiger charge is 2.15. The van der Waals surface area contributed by atoms with Gasteiger partial charge < -0.3 is 10.1 Å². The van der Waals surface area contributed by atoms with E-state index in [9.17, 15) is 0 Å². The fourth-order valence-electron chi connectivity index (χ4n) is 1.21. The van der Waals surface area contributed by atoms with Gasteiger partial charge in [-0.3, -0.25) is 5.10 Å². The number of ether oxygens (including phenoxy) is 1. The van der Waals surface area contributed by atoms with Gasteiger partial charge in [0.1, 0.15) is 6.10 Å². The van der Waals surface area contributed by atoms with Gasteiger partial charge in [0.25, 0.3) is 0 Å². The molecule has 1 aliphatic heterocycles. The standard InChI is InChI=1S/C7H11N3O/c1-2-9-10-6(1)7-5-8-3-4-11-7/h1-2,7-8H,3-5H2,(H,9,10)/t7-/m1/s1. The summed E-state index contributed by atoms with van der Waals surface area (Å²) in [5, 5.41) is 10.0. The van der Waals surface area contributed by atoms with Crippen molar-refractivity contribution in [2.75, 3.05) is 19.7 Å². The number of hydrogen-bond donors (Lipinski definition) is 2. The monoisotopic (exact) mass is 153 g/mol. The van der Waals surface area contributed by atoms with Crippen molar-refractivity contribution >= 4 is 0 Å². The molecular weight excluding hydrogens is 142 g/mol. The Morgan fingerprint density at radius 3 is 3.27 bits per heavy atom. The lowest BCUT2D eigenvalue weighted by Gasteiger charge is -2.22. The molecule has 4 nitrogen and oxygen atoms in total. The van der Waals surface area contributed by atoms with Crippen molar-refractivity contribution in [1.29, 1.82) is 0 Å². The molecule has 0 aromatic carbocycles. The number of hydrogen-bond acceptors (Lipinski definition) is 3. The second-order valence-corrected chi connectivity index (χ2v) is 2.58. The number of rotatable bonds is 1. The molecule has 1 aromatic rings. The molecule has 0 saturated carbocycles. The Labute approximate surface area is 64.9 Å². The minimum absolute atomic E-state index is 0.159. The Hall–Kier alpha value is -0.870. The Balaban J connectivity index is 2.04. The van der Waals surface area contributed by atoms with E-state index < -0.39 is 0 Å². The summed E-state index contributed by atoms with van der Waals surface area (Å²) in [5.41, 5.74) is 1.05. The molecule has 0 amide bonds. The van der Waals surface area contributed by atoms with E-state index in [4.69, 9.17) is 4.74 Å². The van der Waals surface area contributed by atoms with Gasteiger partial charge in [-0.15, -0.1) is 0 Å². The minimum Gasteiger partial charge on any atom is -0.369 e. The summed E-state index contributed by atoms with van der Waals surface area (Å²) in [6.07, 6.45) is 1.90. The van der Waals surface area contributed by atoms with Gasteiger partial charge in [-0.25, -0.2) is 0 Å². The molecule has 0 radical (unpaired) electrons. The van der Waals surface area contributed by atoms with Crippen LogP contribution in [0.25, 0.3) is 0 Å². The van der Waals surface area contributed by atoms with Gasteiger partial charge >= 0.3 is 0 Å². The zero-order valence-corrected chi connectivity index (χ0v) is 6.21. The van der Waals surface area contributed by atoms with E-state index in [1.165, 1.54) is 0 Å². The molecule has 0 aliphatic carbocycles. The lowest BCUT2D eigenvalue weighted by molar-refractivity contribution is 0.0250. The highest BCUT2D eigenvalue weighted by Crippen LogP contribution is 2.14. The highest BCUT2D eigenvalue weighted by atomic mass is 16.5. The van der Waals surface area contributed by atoms with Crippen LogP contribution in [0, 0.1) is 0 Å². The third-order valence-electron chi connectivity index (χ3n) is 1.80. The second kappa shape index (κ2) is 3.02. The second-order valence-electron chi connectivity index (χ2n) is 2.58. The van der Waals surface area contributed by atoms with Crippen molar-refractivity contribution in [2.24, 2.45) is 0 Å². The fourth-order valence-corrected chi connectivity index (χ4v) is 1.21. The van der Waals surface area contributed by atoms with Crippen LogP contribution in [-0.2, 0) is 4.74 Å². The van der Waals surface area contributed by atoms with E-state index in [1.54, 1.807) is 6.20 Å². The van der Waals surface area contributed by atoms with Gasteiger partial charge in [-0.2, -0.15) is 5.10 Å². The zero-order valence-electron chi connectivity index (χ0n) is 6.21. The average molecular weight is 153 g/mol. The van der Waals surface area contributed by atoms with Crippen LogP contribution in [0.1, 0.15) is 11.8 Å². The summed E-state index contributed by atoms with van der Waals surface area (Å²) in [6.45, 7) is 2.61. The molecule has 1 saturated heterocycles. The summed E-state index contributed by atoms with van der Waals surface area (Å²) in [6, 6.07) is 1.94. The molecule has 0 bridgehead atoms. The Kier molecular flexibility index (Phi) is 1.87. The van der Waals surface area contributed by atoms with Gasteiger partial charge in [-0.1, -0.05) is 0 Å². The predicted octanol–water partition coefficient (Wildman–Crippen LogP) is 0.0706. The number of nitrogens with one attached hydrogen (secondary N) is 2. The molecule has 2 heterocycles. The first-order chi connectivity index (χ1) is 5.47. The first kappa shape index (κ1) is 6.82. The Morgan fingerprint density at radius 1 is 1.64 bits per heavy atom. The van der Waals surface area contributed by atoms with Crippen LogP contribution < -0.4 is 5.32 Å². The summed E-state index contributed by atoms with van der Waals surface area (Å²) in [5.74, 6) is 0. The van der Waals surface area contributed by atoms with Crippen molar-refractivity contribution in [3.63, 3.8) is 0 Å². The van der Waals surface area contributed by atoms with Gasteiger partial charge in [0.2, 0.25) is 0 Å². The summed E-state index contributed by atoms with van der Waals surface area (Å²) in [7, 11) is 0. The fraction of sp³-hybridized carbons (Fsp3) is 0.571. The lowest BCUT2D eigenvalue weighted by Crippen LogP contribution is -2.33. The van der Waals surface area contributed by atoms with E-state index in [0.717, 1.165) is 25.4 Å². The molecule has 1 aromatic heterocycles. The number of aromatic amines is 1. The predicted molar refractivity (Wildman–Crippen MR) is 40.2 cm³/mol. The average Bonchev–Trinajstić information content (AvgIpc) is 2.58. The SMILES string of the molecule is c1cc([C@H]2CNCCO2)[nH]n1. The number of H-pyrrole nitrogens is 1. The molecule has 0 spiro atoms. The van der Waals surface area contributed by atoms with Gasteiger partial charge in [0.05, 0.1) is 12.3 Å². The first-order valence-corrected chi connectivity index (χ1v) is 3.78. The zero-order chi connectivity index (χ0) is 7.52. The van der Waals surface area contributed by atoms with Crippen LogP contribution in [0.2, 0.25) is 0 Å². The molecule has 2 N–H and O–H groups in total. The number of morpholine rings is 1. The number of aromatic nitrogens is 2. The molecule has 2 rings (SSSR count). The molecule has 1 aliphatic rings. The van der Waals surface area contributed by atoms with Crippen LogP contribution in [0.5, 0.6) is 0 Å². The van der Waals surface area contributed by atoms with Crippen molar-refractivity contribution in [3.8, 4) is 0 Å². The molecule has 0 unspecified atom stereocenters. The summed E-state index contributed by atoms with van der Waals surface area (Å²) in [4.78, 5) is 0. The normalized spacial score (nSPS) is 25.3. The molecule has 11 heavy (non-hydrogen) atoms. The van der Waals surface area contributed by atoms with Gasteiger partial charge in [-0.05, 0) is 6.07 Å². The molecule has 4 heteroatoms. The first-order valence-electron chi connectivity index (χ1n) is 3.78.